The molecule has 0 saturated heterocycles. The molecule has 0 spiro atoms. The molecule has 34 heavy (non-hydrogen) atoms. The Labute approximate surface area is 206 Å². The third kappa shape index (κ3) is 2.88. The van der Waals surface area contributed by atoms with Crippen molar-refractivity contribution in [2.24, 2.45) is 50.2 Å². The summed E-state index contributed by atoms with van der Waals surface area (Å²) in [6.07, 6.45) is 9.45. The zero-order chi connectivity index (χ0) is 25.1. The lowest BCUT2D eigenvalue weighted by molar-refractivity contribution is -0.231. The van der Waals surface area contributed by atoms with Crippen LogP contribution in [0.25, 0.3) is 0 Å². The summed E-state index contributed by atoms with van der Waals surface area (Å²) in [5.41, 5.74) is 0.754. The van der Waals surface area contributed by atoms with Gasteiger partial charge in [-0.1, -0.05) is 60.1 Å². The summed E-state index contributed by atoms with van der Waals surface area (Å²) in [6.45, 7) is 16.3. The standard InChI is InChI=1S/C30H48O4/c1-25(2)12-14-30(24(33)34)15-13-28(6)18(19(30)16-25)8-9-22-27(5)17-20(31)23(32)26(3,4)21(27)10-11-29(22,28)7/h8,19-23,31-32H,9-17H2,1-7H3,(H,33,34)/t19-,20-,21-,22-,23+,27+,28-,29-,30+/m1/s1. The maximum absolute atomic E-state index is 12.8. The van der Waals surface area contributed by atoms with Gasteiger partial charge < -0.3 is 15.3 Å². The van der Waals surface area contributed by atoms with E-state index < -0.39 is 23.6 Å². The summed E-state index contributed by atoms with van der Waals surface area (Å²) in [5, 5.41) is 32.4. The van der Waals surface area contributed by atoms with Gasteiger partial charge in [-0.2, -0.15) is 0 Å². The zero-order valence-corrected chi connectivity index (χ0v) is 22.6. The van der Waals surface area contributed by atoms with E-state index in [1.165, 1.54) is 5.57 Å². The van der Waals surface area contributed by atoms with Crippen molar-refractivity contribution in [2.45, 2.75) is 118 Å². The highest BCUT2D eigenvalue weighted by Crippen LogP contribution is 2.75. The fourth-order valence-electron chi connectivity index (χ4n) is 10.8. The van der Waals surface area contributed by atoms with Crippen LogP contribution in [0.5, 0.6) is 0 Å². The van der Waals surface area contributed by atoms with E-state index in [0.29, 0.717) is 18.3 Å². The lowest BCUT2D eigenvalue weighted by Crippen LogP contribution is -2.67. The average Bonchev–Trinajstić information content (AvgIpc) is 2.72. The van der Waals surface area contributed by atoms with Crippen LogP contribution in [0.1, 0.15) is 106 Å². The van der Waals surface area contributed by atoms with E-state index in [2.05, 4.69) is 54.5 Å². The molecule has 0 unspecified atom stereocenters. The molecule has 4 heteroatoms. The van der Waals surface area contributed by atoms with Crippen LogP contribution in [-0.4, -0.2) is 33.5 Å². The first-order chi connectivity index (χ1) is 15.6. The highest BCUT2D eigenvalue weighted by atomic mass is 16.4. The maximum atomic E-state index is 12.8. The summed E-state index contributed by atoms with van der Waals surface area (Å²) >= 11 is 0. The van der Waals surface area contributed by atoms with Crippen LogP contribution in [0.2, 0.25) is 0 Å². The summed E-state index contributed by atoms with van der Waals surface area (Å²) in [6, 6.07) is 0. The number of hydrogen-bond acceptors (Lipinski definition) is 3. The fourth-order valence-corrected chi connectivity index (χ4v) is 10.8. The third-order valence-electron chi connectivity index (χ3n) is 13.0. The van der Waals surface area contributed by atoms with E-state index in [-0.39, 0.29) is 33.0 Å². The molecular weight excluding hydrogens is 424 g/mol. The van der Waals surface area contributed by atoms with Crippen molar-refractivity contribution in [3.8, 4) is 0 Å². The second-order valence-corrected chi connectivity index (χ2v) is 15.2. The second kappa shape index (κ2) is 7.12. The molecule has 0 aromatic rings. The summed E-state index contributed by atoms with van der Waals surface area (Å²) in [4.78, 5) is 12.8. The molecule has 0 bridgehead atoms. The minimum absolute atomic E-state index is 0.00785. The first-order valence-corrected chi connectivity index (χ1v) is 13.9. The lowest BCUT2D eigenvalue weighted by atomic mass is 9.33. The molecule has 3 N–H and O–H groups in total. The van der Waals surface area contributed by atoms with Gasteiger partial charge in [-0.15, -0.1) is 0 Å². The number of allylic oxidation sites excluding steroid dienone is 2. The van der Waals surface area contributed by atoms with E-state index in [1.807, 2.05) is 0 Å². The number of carboxylic acid groups (broad SMARTS) is 1. The molecule has 5 rings (SSSR count). The number of hydrogen-bond donors (Lipinski definition) is 3. The number of carboxylic acids is 1. The zero-order valence-electron chi connectivity index (χ0n) is 22.6. The molecule has 4 fully saturated rings. The van der Waals surface area contributed by atoms with Gasteiger partial charge >= 0.3 is 5.97 Å². The van der Waals surface area contributed by atoms with Gasteiger partial charge in [0.25, 0.3) is 0 Å². The molecule has 4 nitrogen and oxygen atoms in total. The Morgan fingerprint density at radius 1 is 0.882 bits per heavy atom. The van der Waals surface area contributed by atoms with Gasteiger partial charge in [0.05, 0.1) is 17.6 Å². The van der Waals surface area contributed by atoms with Crippen molar-refractivity contribution in [1.82, 2.24) is 0 Å². The van der Waals surface area contributed by atoms with Gasteiger partial charge in [0, 0.05) is 0 Å². The van der Waals surface area contributed by atoms with Crippen LogP contribution in [0.15, 0.2) is 11.6 Å². The Bertz CT molecular complexity index is 919. The van der Waals surface area contributed by atoms with Crippen molar-refractivity contribution in [3.05, 3.63) is 11.6 Å². The number of carbonyl (C=O) groups is 1. The van der Waals surface area contributed by atoms with Crippen LogP contribution < -0.4 is 0 Å². The summed E-state index contributed by atoms with van der Waals surface area (Å²) in [5.74, 6) is 0.365. The van der Waals surface area contributed by atoms with Gasteiger partial charge in [0.1, 0.15) is 0 Å². The fraction of sp³-hybridized carbons (Fsp3) is 0.900. The summed E-state index contributed by atoms with van der Waals surface area (Å²) < 4.78 is 0. The van der Waals surface area contributed by atoms with Crippen LogP contribution in [0.3, 0.4) is 0 Å². The first-order valence-electron chi connectivity index (χ1n) is 13.9. The third-order valence-corrected chi connectivity index (χ3v) is 13.0. The highest BCUT2D eigenvalue weighted by Gasteiger charge is 2.70. The van der Waals surface area contributed by atoms with Crippen molar-refractivity contribution in [3.63, 3.8) is 0 Å². The van der Waals surface area contributed by atoms with E-state index in [9.17, 15) is 20.1 Å². The highest BCUT2D eigenvalue weighted by molar-refractivity contribution is 5.76. The van der Waals surface area contributed by atoms with Crippen LogP contribution in [0.4, 0.5) is 0 Å². The van der Waals surface area contributed by atoms with Crippen molar-refractivity contribution >= 4 is 5.97 Å². The molecule has 0 aromatic heterocycles. The molecule has 0 amide bonds. The van der Waals surface area contributed by atoms with E-state index in [0.717, 1.165) is 51.4 Å². The van der Waals surface area contributed by atoms with Crippen LogP contribution in [0, 0.1) is 50.2 Å². The number of rotatable bonds is 1. The second-order valence-electron chi connectivity index (χ2n) is 15.2. The molecule has 0 radical (unpaired) electrons. The molecule has 192 valence electrons. The Morgan fingerprint density at radius 2 is 1.53 bits per heavy atom. The van der Waals surface area contributed by atoms with Gasteiger partial charge in [-0.05, 0) is 103 Å². The van der Waals surface area contributed by atoms with Gasteiger partial charge in [0.15, 0.2) is 0 Å². The first kappa shape index (κ1) is 24.8. The molecular formula is C30H48O4. The maximum Gasteiger partial charge on any atom is 0.310 e. The number of aliphatic hydroxyl groups is 2. The average molecular weight is 473 g/mol. The summed E-state index contributed by atoms with van der Waals surface area (Å²) in [7, 11) is 0. The van der Waals surface area contributed by atoms with Crippen molar-refractivity contribution in [1.29, 1.82) is 0 Å². The SMILES string of the molecule is CC1(C)CC[C@]2(C(=O)O)CC[C@]3(C)C(=CC[C@@H]4[C@@]5(C)C[C@@H](O)[C@H](O)C(C)(C)[C@H]5CC[C@]43C)[C@H]2C1. The van der Waals surface area contributed by atoms with Crippen LogP contribution in [-0.2, 0) is 4.79 Å². The van der Waals surface area contributed by atoms with Crippen molar-refractivity contribution < 1.29 is 20.1 Å². The molecule has 0 aliphatic heterocycles. The Morgan fingerprint density at radius 3 is 2.18 bits per heavy atom. The number of aliphatic carboxylic acids is 1. The quantitative estimate of drug-likeness (QED) is 0.397. The molecule has 9 atom stereocenters. The molecule has 5 aliphatic carbocycles. The predicted molar refractivity (Wildman–Crippen MR) is 134 cm³/mol. The minimum atomic E-state index is -0.679. The minimum Gasteiger partial charge on any atom is -0.481 e. The van der Waals surface area contributed by atoms with Gasteiger partial charge in [-0.3, -0.25) is 4.79 Å². The predicted octanol–water partition coefficient (Wildman–Crippen LogP) is 6.20. The van der Waals surface area contributed by atoms with E-state index in [1.54, 1.807) is 0 Å². The number of fused-ring (bicyclic) bond motifs is 7. The Hall–Kier alpha value is -0.870. The molecule has 5 aliphatic rings. The van der Waals surface area contributed by atoms with Gasteiger partial charge in [-0.25, -0.2) is 0 Å². The normalized spacial score (nSPS) is 53.4. The van der Waals surface area contributed by atoms with E-state index >= 15 is 0 Å². The Kier molecular flexibility index (Phi) is 5.20. The van der Waals surface area contributed by atoms with E-state index in [4.69, 9.17) is 0 Å². The number of aliphatic hydroxyl groups excluding tert-OH is 2. The van der Waals surface area contributed by atoms with Gasteiger partial charge in [0.2, 0.25) is 0 Å². The molecule has 0 heterocycles. The molecule has 0 aromatic carbocycles. The smallest absolute Gasteiger partial charge is 0.310 e. The van der Waals surface area contributed by atoms with Crippen LogP contribution >= 0.6 is 0 Å². The topological polar surface area (TPSA) is 77.8 Å². The monoisotopic (exact) mass is 472 g/mol. The molecule has 4 saturated carbocycles. The lowest BCUT2D eigenvalue weighted by Gasteiger charge is -2.71. The largest absolute Gasteiger partial charge is 0.481 e. The van der Waals surface area contributed by atoms with Crippen molar-refractivity contribution in [2.75, 3.05) is 0 Å². The Balaban J connectivity index is 1.61.